The summed E-state index contributed by atoms with van der Waals surface area (Å²) >= 11 is 0. The topological polar surface area (TPSA) is 24.1 Å². The van der Waals surface area contributed by atoms with Crippen LogP contribution in [-0.4, -0.2) is 13.1 Å². The predicted octanol–water partition coefficient (Wildman–Crippen LogP) is 4.73. The first-order chi connectivity index (χ1) is 8.69. The van der Waals surface area contributed by atoms with Crippen LogP contribution in [0.3, 0.4) is 0 Å². The van der Waals surface area contributed by atoms with Crippen molar-refractivity contribution >= 4 is 11.4 Å². The van der Waals surface area contributed by atoms with Crippen LogP contribution in [0.2, 0.25) is 0 Å². The SMILES string of the molecule is CCCCNc1cc(C)c(NCCCC)cc1C. The van der Waals surface area contributed by atoms with E-state index in [4.69, 9.17) is 0 Å². The minimum Gasteiger partial charge on any atom is -0.385 e. The van der Waals surface area contributed by atoms with Gasteiger partial charge in [0, 0.05) is 24.5 Å². The predicted molar refractivity (Wildman–Crippen MR) is 82.7 cm³/mol. The molecule has 0 saturated heterocycles. The van der Waals surface area contributed by atoms with Crippen molar-refractivity contribution in [2.24, 2.45) is 0 Å². The van der Waals surface area contributed by atoms with Gasteiger partial charge in [-0.3, -0.25) is 0 Å². The van der Waals surface area contributed by atoms with Gasteiger partial charge in [0.25, 0.3) is 0 Å². The van der Waals surface area contributed by atoms with E-state index >= 15 is 0 Å². The van der Waals surface area contributed by atoms with Gasteiger partial charge in [0.2, 0.25) is 0 Å². The van der Waals surface area contributed by atoms with E-state index in [1.807, 2.05) is 0 Å². The molecule has 0 fully saturated rings. The van der Waals surface area contributed by atoms with Gasteiger partial charge in [-0.2, -0.15) is 0 Å². The van der Waals surface area contributed by atoms with Crippen LogP contribution in [0.5, 0.6) is 0 Å². The Morgan fingerprint density at radius 2 is 1.17 bits per heavy atom. The van der Waals surface area contributed by atoms with Crippen LogP contribution >= 0.6 is 0 Å². The molecule has 0 amide bonds. The summed E-state index contributed by atoms with van der Waals surface area (Å²) in [4.78, 5) is 0. The molecule has 0 radical (unpaired) electrons. The summed E-state index contributed by atoms with van der Waals surface area (Å²) in [6, 6.07) is 4.53. The molecule has 2 heteroatoms. The standard InChI is InChI=1S/C16H28N2/c1-5-7-9-17-15-11-14(4)16(12-13(15)3)18-10-8-6-2/h11-12,17-18H,5-10H2,1-4H3. The first kappa shape index (κ1) is 14.9. The molecule has 0 aliphatic carbocycles. The van der Waals surface area contributed by atoms with Gasteiger partial charge in [-0.15, -0.1) is 0 Å². The average Bonchev–Trinajstić information content (AvgIpc) is 2.35. The molecule has 0 spiro atoms. The molecule has 0 aromatic heterocycles. The molecule has 0 atom stereocenters. The zero-order valence-corrected chi connectivity index (χ0v) is 12.4. The third-order valence-corrected chi connectivity index (χ3v) is 3.26. The fraction of sp³-hybridized carbons (Fsp3) is 0.625. The Morgan fingerprint density at radius 1 is 0.778 bits per heavy atom. The minimum atomic E-state index is 1.07. The maximum absolute atomic E-state index is 3.52. The van der Waals surface area contributed by atoms with Gasteiger partial charge < -0.3 is 10.6 Å². The lowest BCUT2D eigenvalue weighted by atomic mass is 10.1. The number of rotatable bonds is 8. The highest BCUT2D eigenvalue weighted by Crippen LogP contribution is 2.24. The highest BCUT2D eigenvalue weighted by atomic mass is 14.9. The summed E-state index contributed by atoms with van der Waals surface area (Å²) in [6.07, 6.45) is 4.94. The van der Waals surface area contributed by atoms with Gasteiger partial charge in [0.1, 0.15) is 0 Å². The van der Waals surface area contributed by atoms with E-state index in [0.717, 1.165) is 13.1 Å². The van der Waals surface area contributed by atoms with Crippen molar-refractivity contribution in [3.05, 3.63) is 23.3 Å². The first-order valence-corrected chi connectivity index (χ1v) is 7.28. The van der Waals surface area contributed by atoms with Crippen molar-refractivity contribution in [2.75, 3.05) is 23.7 Å². The Bertz CT molecular complexity index is 323. The minimum absolute atomic E-state index is 1.07. The number of nitrogens with one attached hydrogen (secondary N) is 2. The van der Waals surface area contributed by atoms with Crippen LogP contribution in [0.25, 0.3) is 0 Å². The first-order valence-electron chi connectivity index (χ1n) is 7.28. The van der Waals surface area contributed by atoms with Crippen LogP contribution in [0.4, 0.5) is 11.4 Å². The van der Waals surface area contributed by atoms with E-state index in [0.29, 0.717) is 0 Å². The third-order valence-electron chi connectivity index (χ3n) is 3.26. The second-order valence-corrected chi connectivity index (χ2v) is 5.04. The molecule has 2 nitrogen and oxygen atoms in total. The van der Waals surface area contributed by atoms with E-state index in [2.05, 4.69) is 50.5 Å². The Kier molecular flexibility index (Phi) is 6.63. The summed E-state index contributed by atoms with van der Waals surface area (Å²) < 4.78 is 0. The van der Waals surface area contributed by atoms with Gasteiger partial charge in [-0.25, -0.2) is 0 Å². The zero-order valence-electron chi connectivity index (χ0n) is 12.4. The van der Waals surface area contributed by atoms with E-state index in [1.165, 1.54) is 48.2 Å². The molecule has 0 aliphatic rings. The van der Waals surface area contributed by atoms with Crippen molar-refractivity contribution < 1.29 is 0 Å². The van der Waals surface area contributed by atoms with Crippen molar-refractivity contribution in [1.82, 2.24) is 0 Å². The summed E-state index contributed by atoms with van der Waals surface area (Å²) in [6.45, 7) is 10.9. The van der Waals surface area contributed by atoms with E-state index in [1.54, 1.807) is 0 Å². The number of hydrogen-bond acceptors (Lipinski definition) is 2. The van der Waals surface area contributed by atoms with Crippen LogP contribution < -0.4 is 10.6 Å². The molecule has 0 bridgehead atoms. The van der Waals surface area contributed by atoms with Crippen LogP contribution in [0.1, 0.15) is 50.7 Å². The molecule has 0 unspecified atom stereocenters. The average molecular weight is 248 g/mol. The van der Waals surface area contributed by atoms with E-state index < -0.39 is 0 Å². The van der Waals surface area contributed by atoms with Crippen molar-refractivity contribution in [3.63, 3.8) is 0 Å². The lowest BCUT2D eigenvalue weighted by Gasteiger charge is -2.15. The number of unbranched alkanes of at least 4 members (excludes halogenated alkanes) is 2. The normalized spacial score (nSPS) is 10.4. The second kappa shape index (κ2) is 8.02. The fourth-order valence-electron chi connectivity index (χ4n) is 2.00. The molecule has 1 rings (SSSR count). The molecule has 0 saturated carbocycles. The third kappa shape index (κ3) is 4.59. The van der Waals surface area contributed by atoms with Gasteiger partial charge in [-0.05, 0) is 49.9 Å². The highest BCUT2D eigenvalue weighted by Gasteiger charge is 2.03. The number of aryl methyl sites for hydroxylation is 2. The van der Waals surface area contributed by atoms with Gasteiger partial charge in [-0.1, -0.05) is 26.7 Å². The van der Waals surface area contributed by atoms with Crippen molar-refractivity contribution in [1.29, 1.82) is 0 Å². The monoisotopic (exact) mass is 248 g/mol. The molecular weight excluding hydrogens is 220 g/mol. The van der Waals surface area contributed by atoms with E-state index in [9.17, 15) is 0 Å². The maximum Gasteiger partial charge on any atom is 0.0374 e. The van der Waals surface area contributed by atoms with Crippen molar-refractivity contribution in [3.8, 4) is 0 Å². The summed E-state index contributed by atoms with van der Waals surface area (Å²) in [5, 5.41) is 7.04. The van der Waals surface area contributed by atoms with Gasteiger partial charge in [0.05, 0.1) is 0 Å². The molecule has 0 aliphatic heterocycles. The largest absolute Gasteiger partial charge is 0.385 e. The van der Waals surface area contributed by atoms with Crippen LogP contribution in [-0.2, 0) is 0 Å². The quantitative estimate of drug-likeness (QED) is 0.650. The molecule has 102 valence electrons. The molecule has 2 N–H and O–H groups in total. The molecule has 0 heterocycles. The van der Waals surface area contributed by atoms with Gasteiger partial charge in [0.15, 0.2) is 0 Å². The molecule has 1 aromatic rings. The number of anilines is 2. The Labute approximate surface area is 112 Å². The lowest BCUT2D eigenvalue weighted by Crippen LogP contribution is -2.06. The molecule has 1 aromatic carbocycles. The Morgan fingerprint density at radius 3 is 1.50 bits per heavy atom. The Balaban J connectivity index is 2.64. The summed E-state index contributed by atoms with van der Waals surface area (Å²) in [5.74, 6) is 0. The second-order valence-electron chi connectivity index (χ2n) is 5.04. The fourth-order valence-corrected chi connectivity index (χ4v) is 2.00. The zero-order chi connectivity index (χ0) is 13.4. The highest BCUT2D eigenvalue weighted by molar-refractivity contribution is 5.63. The summed E-state index contributed by atoms with van der Waals surface area (Å²) in [7, 11) is 0. The summed E-state index contributed by atoms with van der Waals surface area (Å²) in [5.41, 5.74) is 5.22. The maximum atomic E-state index is 3.52. The smallest absolute Gasteiger partial charge is 0.0374 e. The van der Waals surface area contributed by atoms with Gasteiger partial charge >= 0.3 is 0 Å². The van der Waals surface area contributed by atoms with Crippen LogP contribution in [0.15, 0.2) is 12.1 Å². The van der Waals surface area contributed by atoms with Crippen molar-refractivity contribution in [2.45, 2.75) is 53.4 Å². The number of benzene rings is 1. The Hall–Kier alpha value is -1.18. The molecular formula is C16H28N2. The molecule has 18 heavy (non-hydrogen) atoms. The number of hydrogen-bond donors (Lipinski definition) is 2. The lowest BCUT2D eigenvalue weighted by molar-refractivity contribution is 0.831. The van der Waals surface area contributed by atoms with Crippen LogP contribution in [0, 0.1) is 13.8 Å². The van der Waals surface area contributed by atoms with E-state index in [-0.39, 0.29) is 0 Å².